The Balaban J connectivity index is 2.62. The predicted octanol–water partition coefficient (Wildman–Crippen LogP) is 0.874. The number of hydrogen-bond donors (Lipinski definition) is 0. The normalized spacial score (nSPS) is 10.2. The number of aromatic nitrogens is 3. The summed E-state index contributed by atoms with van der Waals surface area (Å²) in [4.78, 5) is 14.8. The zero-order valence-corrected chi connectivity index (χ0v) is 7.66. The van der Waals surface area contributed by atoms with Gasteiger partial charge in [-0.05, 0) is 20.8 Å². The molecule has 0 saturated carbocycles. The van der Waals surface area contributed by atoms with Crippen LogP contribution in [0.25, 0.3) is 0 Å². The van der Waals surface area contributed by atoms with E-state index in [4.69, 9.17) is 0 Å². The standard InChI is InChI=1S/C8H13N3O/c1-6(12)4-5-11-8(3)9-7(2)10-11/h4-5H2,1-3H3. The van der Waals surface area contributed by atoms with Crippen LogP contribution in [0.15, 0.2) is 0 Å². The average Bonchev–Trinajstić information content (AvgIpc) is 2.26. The summed E-state index contributed by atoms with van der Waals surface area (Å²) in [6.07, 6.45) is 0.531. The van der Waals surface area contributed by atoms with Gasteiger partial charge in [0.25, 0.3) is 0 Å². The molecule has 0 saturated heterocycles. The Bertz CT molecular complexity index is 290. The molecule has 0 fully saturated rings. The van der Waals surface area contributed by atoms with E-state index in [9.17, 15) is 4.79 Å². The van der Waals surface area contributed by atoms with Crippen LogP contribution in [-0.2, 0) is 11.3 Å². The Kier molecular flexibility index (Phi) is 2.58. The molecule has 0 bridgehead atoms. The molecular weight excluding hydrogens is 154 g/mol. The second kappa shape index (κ2) is 3.47. The van der Waals surface area contributed by atoms with Gasteiger partial charge in [-0.3, -0.25) is 4.79 Å². The highest BCUT2D eigenvalue weighted by molar-refractivity contribution is 5.75. The van der Waals surface area contributed by atoms with Gasteiger partial charge in [-0.15, -0.1) is 0 Å². The number of aryl methyl sites for hydroxylation is 3. The summed E-state index contributed by atoms with van der Waals surface area (Å²) in [5.74, 6) is 1.81. The predicted molar refractivity (Wildman–Crippen MR) is 44.8 cm³/mol. The van der Waals surface area contributed by atoms with Crippen molar-refractivity contribution in [2.24, 2.45) is 0 Å². The molecule has 0 spiro atoms. The van der Waals surface area contributed by atoms with Crippen LogP contribution < -0.4 is 0 Å². The maximum Gasteiger partial charge on any atom is 0.147 e. The first-order chi connectivity index (χ1) is 5.59. The summed E-state index contributed by atoms with van der Waals surface area (Å²) in [7, 11) is 0. The first kappa shape index (κ1) is 8.90. The summed E-state index contributed by atoms with van der Waals surface area (Å²) in [5.41, 5.74) is 0. The minimum atomic E-state index is 0.183. The van der Waals surface area contributed by atoms with Crippen LogP contribution in [0.2, 0.25) is 0 Å². The van der Waals surface area contributed by atoms with E-state index in [0.717, 1.165) is 11.6 Å². The van der Waals surface area contributed by atoms with Crippen LogP contribution in [-0.4, -0.2) is 20.5 Å². The molecule has 66 valence electrons. The lowest BCUT2D eigenvalue weighted by molar-refractivity contribution is -0.117. The van der Waals surface area contributed by atoms with Gasteiger partial charge >= 0.3 is 0 Å². The fourth-order valence-electron chi connectivity index (χ4n) is 1.04. The second-order valence-electron chi connectivity index (χ2n) is 2.88. The molecule has 12 heavy (non-hydrogen) atoms. The van der Waals surface area contributed by atoms with Crippen LogP contribution in [0.3, 0.4) is 0 Å². The van der Waals surface area contributed by atoms with Crippen molar-refractivity contribution in [3.05, 3.63) is 11.6 Å². The van der Waals surface area contributed by atoms with Crippen LogP contribution in [0.4, 0.5) is 0 Å². The fourth-order valence-corrected chi connectivity index (χ4v) is 1.04. The molecule has 0 N–H and O–H groups in total. The molecule has 4 heteroatoms. The first-order valence-electron chi connectivity index (χ1n) is 3.97. The molecule has 0 amide bonds. The zero-order valence-electron chi connectivity index (χ0n) is 7.66. The molecule has 4 nitrogen and oxygen atoms in total. The van der Waals surface area contributed by atoms with Gasteiger partial charge in [-0.25, -0.2) is 9.67 Å². The van der Waals surface area contributed by atoms with Crippen molar-refractivity contribution < 1.29 is 4.79 Å². The number of carbonyl (C=O) groups excluding carboxylic acids is 1. The third-order valence-corrected chi connectivity index (χ3v) is 1.64. The largest absolute Gasteiger partial charge is 0.300 e. The van der Waals surface area contributed by atoms with Crippen molar-refractivity contribution in [1.82, 2.24) is 14.8 Å². The number of hydrogen-bond acceptors (Lipinski definition) is 3. The molecule has 0 radical (unpaired) electrons. The molecule has 0 atom stereocenters. The van der Waals surface area contributed by atoms with Crippen molar-refractivity contribution in [3.63, 3.8) is 0 Å². The molecule has 1 rings (SSSR count). The lowest BCUT2D eigenvalue weighted by Crippen LogP contribution is -2.06. The van der Waals surface area contributed by atoms with Gasteiger partial charge in [-0.2, -0.15) is 5.10 Å². The van der Waals surface area contributed by atoms with Crippen molar-refractivity contribution in [3.8, 4) is 0 Å². The third kappa shape index (κ3) is 2.15. The van der Waals surface area contributed by atoms with Crippen LogP contribution >= 0.6 is 0 Å². The molecule has 1 aromatic rings. The van der Waals surface area contributed by atoms with Crippen LogP contribution in [0.1, 0.15) is 25.0 Å². The molecule has 0 aliphatic heterocycles. The summed E-state index contributed by atoms with van der Waals surface area (Å²) >= 11 is 0. The Labute approximate surface area is 71.6 Å². The number of nitrogens with zero attached hydrogens (tertiary/aromatic N) is 3. The quantitative estimate of drug-likeness (QED) is 0.671. The van der Waals surface area contributed by atoms with E-state index in [-0.39, 0.29) is 5.78 Å². The lowest BCUT2D eigenvalue weighted by atomic mass is 10.3. The van der Waals surface area contributed by atoms with Gasteiger partial charge in [0.15, 0.2) is 0 Å². The molecule has 1 aromatic heterocycles. The Morgan fingerprint density at radius 2 is 2.17 bits per heavy atom. The second-order valence-corrected chi connectivity index (χ2v) is 2.88. The fraction of sp³-hybridized carbons (Fsp3) is 0.625. The molecule has 0 aliphatic carbocycles. The highest BCUT2D eigenvalue weighted by atomic mass is 16.1. The molecule has 0 aromatic carbocycles. The van der Waals surface area contributed by atoms with Crippen molar-refractivity contribution in [2.45, 2.75) is 33.7 Å². The van der Waals surface area contributed by atoms with Gasteiger partial charge in [-0.1, -0.05) is 0 Å². The molecular formula is C8H13N3O. The Hall–Kier alpha value is -1.19. The SMILES string of the molecule is CC(=O)CCn1nc(C)nc1C. The van der Waals surface area contributed by atoms with E-state index in [1.54, 1.807) is 11.6 Å². The zero-order chi connectivity index (χ0) is 9.14. The van der Waals surface area contributed by atoms with Crippen LogP contribution in [0.5, 0.6) is 0 Å². The van der Waals surface area contributed by atoms with Crippen molar-refractivity contribution in [1.29, 1.82) is 0 Å². The smallest absolute Gasteiger partial charge is 0.147 e. The van der Waals surface area contributed by atoms with Gasteiger partial charge < -0.3 is 0 Å². The van der Waals surface area contributed by atoms with Gasteiger partial charge in [0.2, 0.25) is 0 Å². The topological polar surface area (TPSA) is 47.8 Å². The minimum Gasteiger partial charge on any atom is -0.300 e. The third-order valence-electron chi connectivity index (χ3n) is 1.64. The van der Waals surface area contributed by atoms with Crippen molar-refractivity contribution in [2.75, 3.05) is 0 Å². The number of ketones is 1. The summed E-state index contributed by atoms with van der Waals surface area (Å²) in [5, 5.41) is 4.14. The minimum absolute atomic E-state index is 0.183. The first-order valence-corrected chi connectivity index (χ1v) is 3.97. The summed E-state index contributed by atoms with van der Waals surface area (Å²) in [6, 6.07) is 0. The van der Waals surface area contributed by atoms with E-state index in [1.165, 1.54) is 0 Å². The number of Topliss-reactive ketones (excluding diaryl/α,β-unsaturated/α-hetero) is 1. The van der Waals surface area contributed by atoms with Crippen LogP contribution in [0, 0.1) is 13.8 Å². The number of rotatable bonds is 3. The highest BCUT2D eigenvalue weighted by Gasteiger charge is 2.02. The highest BCUT2D eigenvalue weighted by Crippen LogP contribution is 1.97. The average molecular weight is 167 g/mol. The van der Waals surface area contributed by atoms with E-state index < -0.39 is 0 Å². The summed E-state index contributed by atoms with van der Waals surface area (Å²) in [6.45, 7) is 5.96. The summed E-state index contributed by atoms with van der Waals surface area (Å²) < 4.78 is 1.76. The van der Waals surface area contributed by atoms with E-state index >= 15 is 0 Å². The molecule has 0 unspecified atom stereocenters. The monoisotopic (exact) mass is 167 g/mol. The van der Waals surface area contributed by atoms with Gasteiger partial charge in [0.1, 0.15) is 17.4 Å². The molecule has 1 heterocycles. The van der Waals surface area contributed by atoms with Gasteiger partial charge in [0, 0.05) is 13.0 Å². The number of carbonyl (C=O) groups is 1. The van der Waals surface area contributed by atoms with Crippen molar-refractivity contribution >= 4 is 5.78 Å². The van der Waals surface area contributed by atoms with E-state index in [0.29, 0.717) is 13.0 Å². The maximum absolute atomic E-state index is 10.7. The molecule has 0 aliphatic rings. The van der Waals surface area contributed by atoms with E-state index in [1.807, 2.05) is 13.8 Å². The lowest BCUT2D eigenvalue weighted by Gasteiger charge is -1.98. The van der Waals surface area contributed by atoms with Gasteiger partial charge in [0.05, 0.1) is 0 Å². The Morgan fingerprint density at radius 1 is 1.50 bits per heavy atom. The van der Waals surface area contributed by atoms with E-state index in [2.05, 4.69) is 10.1 Å². The maximum atomic E-state index is 10.7. The Morgan fingerprint density at radius 3 is 2.58 bits per heavy atom.